The van der Waals surface area contributed by atoms with E-state index in [0.717, 1.165) is 11.3 Å². The first-order valence-electron chi connectivity index (χ1n) is 12.5. The maximum absolute atomic E-state index is 13.7. The van der Waals surface area contributed by atoms with Crippen LogP contribution in [0.25, 0.3) is 0 Å². The zero-order valence-corrected chi connectivity index (χ0v) is 21.6. The number of likely N-dealkylation sites (N-methyl/N-ethyl adjacent to an activating group) is 1. The number of nitrogens with zero attached hydrogens (tertiary/aromatic N) is 3. The van der Waals surface area contributed by atoms with Crippen LogP contribution >= 0.6 is 0 Å². The molecule has 3 heterocycles. The van der Waals surface area contributed by atoms with Crippen LogP contribution in [0, 0.1) is 0 Å². The summed E-state index contributed by atoms with van der Waals surface area (Å²) in [5, 5.41) is 2.78. The van der Waals surface area contributed by atoms with E-state index in [1.807, 2.05) is 55.6 Å². The van der Waals surface area contributed by atoms with Crippen LogP contribution in [-0.4, -0.2) is 82.7 Å². The van der Waals surface area contributed by atoms with Gasteiger partial charge in [0.05, 0.1) is 38.0 Å². The molecular formula is C27H36N5O5+. The van der Waals surface area contributed by atoms with Crippen molar-refractivity contribution in [3.63, 3.8) is 0 Å². The summed E-state index contributed by atoms with van der Waals surface area (Å²) in [6, 6.07) is 14.0. The normalized spacial score (nSPS) is 24.2. The van der Waals surface area contributed by atoms with Crippen molar-refractivity contribution in [2.24, 2.45) is 5.73 Å². The first-order chi connectivity index (χ1) is 17.6. The number of quaternary nitrogens is 1. The second-order valence-corrected chi connectivity index (χ2v) is 10.6. The van der Waals surface area contributed by atoms with E-state index >= 15 is 0 Å². The van der Waals surface area contributed by atoms with E-state index in [0.29, 0.717) is 32.7 Å². The van der Waals surface area contributed by atoms with Crippen molar-refractivity contribution in [1.29, 1.82) is 0 Å². The van der Waals surface area contributed by atoms with Crippen molar-refractivity contribution in [3.8, 4) is 0 Å². The molecule has 2 fully saturated rings. The fraction of sp³-hybridized carbons (Fsp3) is 0.481. The molecule has 1 aromatic heterocycles. The SMILES string of the molecule is CC(C)(N)C(=O)N[C@H](COCc1ccccc1)C(=O)N1CCC2OC(=O)[N+](C)(Cc3ccccn3)C2C1. The molecule has 0 aliphatic carbocycles. The van der Waals surface area contributed by atoms with Crippen LogP contribution in [0.15, 0.2) is 54.7 Å². The quantitative estimate of drug-likeness (QED) is 0.491. The van der Waals surface area contributed by atoms with E-state index in [4.69, 9.17) is 15.2 Å². The summed E-state index contributed by atoms with van der Waals surface area (Å²) in [7, 11) is 1.83. The van der Waals surface area contributed by atoms with Crippen molar-refractivity contribution in [3.05, 3.63) is 66.0 Å². The molecule has 3 amide bonds. The molecule has 2 aromatic rings. The zero-order valence-electron chi connectivity index (χ0n) is 21.6. The third-order valence-electron chi connectivity index (χ3n) is 7.03. The number of benzene rings is 1. The summed E-state index contributed by atoms with van der Waals surface area (Å²) < 4.78 is 11.6. The molecule has 1 aromatic carbocycles. The number of aromatic nitrogens is 1. The Bertz CT molecular complexity index is 1110. The van der Waals surface area contributed by atoms with Gasteiger partial charge in [-0.15, -0.1) is 0 Å². The number of hydrogen-bond acceptors (Lipinski definition) is 7. The van der Waals surface area contributed by atoms with E-state index in [2.05, 4.69) is 10.3 Å². The van der Waals surface area contributed by atoms with Crippen molar-refractivity contribution in [2.75, 3.05) is 26.7 Å². The van der Waals surface area contributed by atoms with E-state index in [-0.39, 0.29) is 35.2 Å². The number of carbonyl (C=O) groups is 3. The molecule has 0 spiro atoms. The van der Waals surface area contributed by atoms with Gasteiger partial charge in [0.15, 0.2) is 12.1 Å². The summed E-state index contributed by atoms with van der Waals surface area (Å²) in [5.41, 5.74) is 6.56. The van der Waals surface area contributed by atoms with Gasteiger partial charge in [-0.2, -0.15) is 4.79 Å². The standard InChI is InChI=1S/C27H35N5O5/c1-27(2,28)25(34)30-21(18-36-17-19-9-5-4-6-10-19)24(33)31-14-12-23-22(15-31)32(3,26(35)37-23)16-20-11-7-8-13-29-20/h4-11,13,21-23H,12,14-18,28H2,1-3H3/p+1/t21-,22?,23?,32?/m1/s1. The molecule has 4 atom stereocenters. The number of pyridine rings is 1. The molecule has 4 rings (SSSR count). The molecule has 3 N–H and O–H groups in total. The number of ether oxygens (including phenoxy) is 2. The lowest BCUT2D eigenvalue weighted by molar-refractivity contribution is -0.862. The van der Waals surface area contributed by atoms with Gasteiger partial charge in [-0.05, 0) is 31.5 Å². The Hall–Kier alpha value is -3.34. The summed E-state index contributed by atoms with van der Waals surface area (Å²) in [4.78, 5) is 45.4. The van der Waals surface area contributed by atoms with Gasteiger partial charge < -0.3 is 25.4 Å². The van der Waals surface area contributed by atoms with Gasteiger partial charge in [-0.1, -0.05) is 36.4 Å². The van der Waals surface area contributed by atoms with Crippen LogP contribution in [0.5, 0.6) is 0 Å². The number of nitrogens with two attached hydrogens (primary N) is 1. The van der Waals surface area contributed by atoms with Crippen LogP contribution in [0.4, 0.5) is 4.79 Å². The first kappa shape index (κ1) is 26.7. The lowest BCUT2D eigenvalue weighted by atomic mass is 9.98. The predicted molar refractivity (Wildman–Crippen MR) is 136 cm³/mol. The number of amides is 3. The van der Waals surface area contributed by atoms with Gasteiger partial charge in [-0.3, -0.25) is 14.6 Å². The maximum atomic E-state index is 13.7. The molecule has 0 bridgehead atoms. The highest BCUT2D eigenvalue weighted by Gasteiger charge is 2.57. The van der Waals surface area contributed by atoms with Crippen LogP contribution in [0.2, 0.25) is 0 Å². The Morgan fingerprint density at radius 3 is 2.65 bits per heavy atom. The van der Waals surface area contributed by atoms with E-state index in [1.54, 1.807) is 24.9 Å². The van der Waals surface area contributed by atoms with E-state index < -0.39 is 17.5 Å². The third kappa shape index (κ3) is 6.15. The van der Waals surface area contributed by atoms with E-state index in [1.165, 1.54) is 0 Å². The zero-order chi connectivity index (χ0) is 26.6. The second-order valence-electron chi connectivity index (χ2n) is 10.6. The minimum absolute atomic E-state index is 0.00280. The van der Waals surface area contributed by atoms with Gasteiger partial charge in [0, 0.05) is 19.2 Å². The lowest BCUT2D eigenvalue weighted by Gasteiger charge is -2.39. The number of fused-ring (bicyclic) bond motifs is 1. The maximum Gasteiger partial charge on any atom is 0.517 e. The van der Waals surface area contributed by atoms with Crippen LogP contribution in [0.1, 0.15) is 31.5 Å². The molecule has 10 nitrogen and oxygen atoms in total. The highest BCUT2D eigenvalue weighted by molar-refractivity contribution is 5.91. The van der Waals surface area contributed by atoms with E-state index in [9.17, 15) is 14.4 Å². The minimum atomic E-state index is -1.16. The molecule has 2 aliphatic rings. The van der Waals surface area contributed by atoms with Crippen LogP contribution < -0.4 is 11.1 Å². The molecule has 0 saturated carbocycles. The molecule has 10 heteroatoms. The van der Waals surface area contributed by atoms with Crippen molar-refractivity contribution >= 4 is 17.9 Å². The minimum Gasteiger partial charge on any atom is -0.410 e. The number of likely N-dealkylation sites (tertiary alicyclic amines) is 1. The Labute approximate surface area is 217 Å². The Kier molecular flexibility index (Phi) is 7.91. The van der Waals surface area contributed by atoms with Crippen molar-refractivity contribution < 1.29 is 28.3 Å². The summed E-state index contributed by atoms with van der Waals surface area (Å²) in [6.07, 6.45) is 1.61. The van der Waals surface area contributed by atoms with Crippen molar-refractivity contribution in [2.45, 2.75) is 57.1 Å². The molecule has 3 unspecified atom stereocenters. The largest absolute Gasteiger partial charge is 0.517 e. The average Bonchev–Trinajstić information content (AvgIpc) is 3.12. The lowest BCUT2D eigenvalue weighted by Crippen LogP contribution is -2.63. The number of rotatable bonds is 9. The molecule has 198 valence electrons. The van der Waals surface area contributed by atoms with Gasteiger partial charge in [0.25, 0.3) is 0 Å². The summed E-state index contributed by atoms with van der Waals surface area (Å²) >= 11 is 0. The topological polar surface area (TPSA) is 124 Å². The van der Waals surface area contributed by atoms with Gasteiger partial charge in [0.2, 0.25) is 11.8 Å². The Morgan fingerprint density at radius 1 is 1.24 bits per heavy atom. The summed E-state index contributed by atoms with van der Waals surface area (Å²) in [5.74, 6) is -0.716. The molecule has 0 radical (unpaired) electrons. The highest BCUT2D eigenvalue weighted by atomic mass is 16.6. The second kappa shape index (κ2) is 11.0. The molecular weight excluding hydrogens is 474 g/mol. The molecule has 2 saturated heterocycles. The van der Waals surface area contributed by atoms with Gasteiger partial charge in [0.1, 0.15) is 12.6 Å². The molecule has 2 aliphatic heterocycles. The average molecular weight is 511 g/mol. The van der Waals surface area contributed by atoms with Gasteiger partial charge in [-0.25, -0.2) is 4.48 Å². The number of carbonyl (C=O) groups excluding carboxylic acids is 3. The first-order valence-corrected chi connectivity index (χ1v) is 12.5. The predicted octanol–water partition coefficient (Wildman–Crippen LogP) is 1.59. The fourth-order valence-electron chi connectivity index (χ4n) is 4.80. The van der Waals surface area contributed by atoms with Gasteiger partial charge >= 0.3 is 6.09 Å². The number of hydrogen-bond donors (Lipinski definition) is 2. The monoisotopic (exact) mass is 510 g/mol. The third-order valence-corrected chi connectivity index (χ3v) is 7.03. The van der Waals surface area contributed by atoms with Crippen LogP contribution in [0.3, 0.4) is 0 Å². The fourth-order valence-corrected chi connectivity index (χ4v) is 4.80. The number of nitrogens with one attached hydrogen (secondary N) is 1. The van der Waals surface area contributed by atoms with Crippen LogP contribution in [-0.2, 0) is 32.2 Å². The Balaban J connectivity index is 1.48. The smallest absolute Gasteiger partial charge is 0.410 e. The molecule has 37 heavy (non-hydrogen) atoms. The van der Waals surface area contributed by atoms with Crippen molar-refractivity contribution in [1.82, 2.24) is 15.2 Å². The highest BCUT2D eigenvalue weighted by Crippen LogP contribution is 2.34. The summed E-state index contributed by atoms with van der Waals surface area (Å²) in [6.45, 7) is 4.56. The Morgan fingerprint density at radius 2 is 1.97 bits per heavy atom. The number of piperidine rings is 1.